The van der Waals surface area contributed by atoms with Gasteiger partial charge in [0.05, 0.1) is 10.9 Å². The van der Waals surface area contributed by atoms with Crippen LogP contribution in [0.5, 0.6) is 0 Å². The van der Waals surface area contributed by atoms with E-state index in [2.05, 4.69) is 4.98 Å². The zero-order valence-electron chi connectivity index (χ0n) is 14.4. The molecule has 0 radical (unpaired) electrons. The van der Waals surface area contributed by atoms with Crippen LogP contribution >= 0.6 is 11.8 Å². The Balaban J connectivity index is 1.86. The molecule has 1 aromatic heterocycles. The first-order valence-corrected chi connectivity index (χ1v) is 8.85. The predicted octanol–water partition coefficient (Wildman–Crippen LogP) is 2.93. The summed E-state index contributed by atoms with van der Waals surface area (Å²) in [5.41, 5.74) is 2.32. The monoisotopic (exact) mass is 353 g/mol. The van der Waals surface area contributed by atoms with Crippen molar-refractivity contribution in [3.05, 3.63) is 70.0 Å². The minimum Gasteiger partial charge on any atom is -0.345 e. The van der Waals surface area contributed by atoms with E-state index in [1.165, 1.54) is 11.8 Å². The van der Waals surface area contributed by atoms with Crippen molar-refractivity contribution in [2.45, 2.75) is 10.9 Å². The van der Waals surface area contributed by atoms with Crippen LogP contribution in [0.2, 0.25) is 0 Å². The summed E-state index contributed by atoms with van der Waals surface area (Å²) in [5, 5.41) is 1.28. The molecule has 0 bridgehead atoms. The van der Waals surface area contributed by atoms with Gasteiger partial charge in [0.15, 0.2) is 5.16 Å². The Hall–Kier alpha value is -2.60. The van der Waals surface area contributed by atoms with Crippen LogP contribution in [0.25, 0.3) is 10.9 Å². The molecule has 3 rings (SSSR count). The lowest BCUT2D eigenvalue weighted by Gasteiger charge is -2.12. The first kappa shape index (κ1) is 17.2. The van der Waals surface area contributed by atoms with Crippen molar-refractivity contribution in [1.29, 1.82) is 0 Å². The first-order valence-electron chi connectivity index (χ1n) is 7.86. The highest BCUT2D eigenvalue weighted by Crippen LogP contribution is 2.22. The van der Waals surface area contributed by atoms with Crippen LogP contribution in [-0.4, -0.2) is 34.5 Å². The lowest BCUT2D eigenvalue weighted by molar-refractivity contribution is 0.0827. The number of thioether (sulfide) groups is 1. The van der Waals surface area contributed by atoms with Gasteiger partial charge in [0.2, 0.25) is 0 Å². The van der Waals surface area contributed by atoms with Crippen LogP contribution in [0.4, 0.5) is 0 Å². The standard InChI is InChI=1S/C19H19N3O2S/c1-21(2)17(23)14-8-6-7-13(11-14)12-25-19-20-16-10-5-4-9-15(16)18(24)22(19)3/h4-11H,12H2,1-3H3. The lowest BCUT2D eigenvalue weighted by Crippen LogP contribution is -2.21. The van der Waals surface area contributed by atoms with E-state index in [1.54, 1.807) is 42.7 Å². The number of fused-ring (bicyclic) bond motifs is 1. The topological polar surface area (TPSA) is 55.2 Å². The van der Waals surface area contributed by atoms with E-state index in [9.17, 15) is 9.59 Å². The summed E-state index contributed by atoms with van der Waals surface area (Å²) >= 11 is 1.48. The molecule has 0 fully saturated rings. The van der Waals surface area contributed by atoms with Crippen LogP contribution < -0.4 is 5.56 Å². The second kappa shape index (κ2) is 7.11. The molecule has 6 heteroatoms. The Kier molecular flexibility index (Phi) is 4.90. The van der Waals surface area contributed by atoms with E-state index in [4.69, 9.17) is 0 Å². The first-order chi connectivity index (χ1) is 12.0. The molecule has 25 heavy (non-hydrogen) atoms. The second-order valence-corrected chi connectivity index (χ2v) is 6.91. The number of aromatic nitrogens is 2. The van der Waals surface area contributed by atoms with E-state index in [0.717, 1.165) is 5.56 Å². The van der Waals surface area contributed by atoms with Crippen LogP contribution in [0.15, 0.2) is 58.5 Å². The van der Waals surface area contributed by atoms with Crippen molar-refractivity contribution in [1.82, 2.24) is 14.5 Å². The number of rotatable bonds is 4. The Morgan fingerprint density at radius 1 is 1.16 bits per heavy atom. The Labute approximate surface area is 150 Å². The van der Waals surface area contributed by atoms with Gasteiger partial charge in [-0.05, 0) is 29.8 Å². The van der Waals surface area contributed by atoms with Crippen molar-refractivity contribution in [2.24, 2.45) is 7.05 Å². The number of benzene rings is 2. The summed E-state index contributed by atoms with van der Waals surface area (Å²) in [6, 6.07) is 14.9. The number of hydrogen-bond acceptors (Lipinski definition) is 4. The zero-order chi connectivity index (χ0) is 18.0. The molecule has 0 N–H and O–H groups in total. The third-order valence-corrected chi connectivity index (χ3v) is 4.99. The summed E-state index contributed by atoms with van der Waals surface area (Å²) < 4.78 is 1.57. The van der Waals surface area contributed by atoms with Gasteiger partial charge in [0.1, 0.15) is 0 Å². The molecule has 3 aromatic rings. The highest BCUT2D eigenvalue weighted by molar-refractivity contribution is 7.98. The summed E-state index contributed by atoms with van der Waals surface area (Å²) in [6.07, 6.45) is 0. The summed E-state index contributed by atoms with van der Waals surface area (Å²) in [4.78, 5) is 30.7. The van der Waals surface area contributed by atoms with Gasteiger partial charge in [-0.1, -0.05) is 36.0 Å². The maximum absolute atomic E-state index is 12.4. The fourth-order valence-corrected chi connectivity index (χ4v) is 3.44. The molecule has 2 aromatic carbocycles. The van der Waals surface area contributed by atoms with Crippen LogP contribution in [-0.2, 0) is 12.8 Å². The average Bonchev–Trinajstić information content (AvgIpc) is 2.63. The van der Waals surface area contributed by atoms with Gasteiger partial charge in [0, 0.05) is 32.5 Å². The van der Waals surface area contributed by atoms with Crippen molar-refractivity contribution in [2.75, 3.05) is 14.1 Å². The summed E-state index contributed by atoms with van der Waals surface area (Å²) in [6.45, 7) is 0. The number of nitrogens with zero attached hydrogens (tertiary/aromatic N) is 3. The summed E-state index contributed by atoms with van der Waals surface area (Å²) in [7, 11) is 5.20. The lowest BCUT2D eigenvalue weighted by atomic mass is 10.1. The molecule has 0 saturated heterocycles. The van der Waals surface area contributed by atoms with Crippen LogP contribution in [0, 0.1) is 0 Å². The van der Waals surface area contributed by atoms with Gasteiger partial charge < -0.3 is 4.90 Å². The fraction of sp³-hybridized carbons (Fsp3) is 0.211. The largest absolute Gasteiger partial charge is 0.345 e. The van der Waals surface area contributed by atoms with E-state index < -0.39 is 0 Å². The molecule has 0 atom stereocenters. The highest BCUT2D eigenvalue weighted by Gasteiger charge is 2.11. The number of para-hydroxylation sites is 1. The van der Waals surface area contributed by atoms with Crippen molar-refractivity contribution in [3.63, 3.8) is 0 Å². The molecule has 0 unspecified atom stereocenters. The molecule has 0 aliphatic carbocycles. The molecule has 1 amide bonds. The molecule has 5 nitrogen and oxygen atoms in total. The second-order valence-electron chi connectivity index (χ2n) is 5.96. The van der Waals surface area contributed by atoms with Gasteiger partial charge >= 0.3 is 0 Å². The van der Waals surface area contributed by atoms with E-state index in [-0.39, 0.29) is 11.5 Å². The Morgan fingerprint density at radius 2 is 1.92 bits per heavy atom. The van der Waals surface area contributed by atoms with Gasteiger partial charge in [-0.3, -0.25) is 14.2 Å². The SMILES string of the molecule is CN(C)C(=O)c1cccc(CSc2nc3ccccc3c(=O)n2C)c1. The van der Waals surface area contributed by atoms with Gasteiger partial charge in [-0.15, -0.1) is 0 Å². The number of hydrogen-bond donors (Lipinski definition) is 0. The van der Waals surface area contributed by atoms with E-state index in [1.807, 2.05) is 36.4 Å². The smallest absolute Gasteiger partial charge is 0.261 e. The van der Waals surface area contributed by atoms with Crippen LogP contribution in [0.3, 0.4) is 0 Å². The maximum atomic E-state index is 12.4. The van der Waals surface area contributed by atoms with Crippen molar-refractivity contribution < 1.29 is 4.79 Å². The molecular formula is C19H19N3O2S. The van der Waals surface area contributed by atoms with Crippen LogP contribution in [0.1, 0.15) is 15.9 Å². The van der Waals surface area contributed by atoms with Gasteiger partial charge in [-0.2, -0.15) is 0 Å². The molecule has 0 aliphatic rings. The maximum Gasteiger partial charge on any atom is 0.261 e. The molecule has 1 heterocycles. The average molecular weight is 353 g/mol. The molecule has 128 valence electrons. The molecule has 0 spiro atoms. The van der Waals surface area contributed by atoms with E-state index >= 15 is 0 Å². The number of carbonyl (C=O) groups excluding carboxylic acids is 1. The summed E-state index contributed by atoms with van der Waals surface area (Å²) in [5.74, 6) is 0.607. The highest BCUT2D eigenvalue weighted by atomic mass is 32.2. The van der Waals surface area contributed by atoms with Gasteiger partial charge in [-0.25, -0.2) is 4.98 Å². The third-order valence-electron chi connectivity index (χ3n) is 3.89. The minimum absolute atomic E-state index is 0.0249. The van der Waals surface area contributed by atoms with Crippen molar-refractivity contribution in [3.8, 4) is 0 Å². The number of amides is 1. The Morgan fingerprint density at radius 3 is 2.68 bits per heavy atom. The van der Waals surface area contributed by atoms with E-state index in [0.29, 0.717) is 27.4 Å². The Bertz CT molecular complexity index is 995. The molecular weight excluding hydrogens is 334 g/mol. The third kappa shape index (κ3) is 3.58. The van der Waals surface area contributed by atoms with Crippen molar-refractivity contribution >= 4 is 28.6 Å². The fourth-order valence-electron chi connectivity index (χ4n) is 2.53. The normalized spacial score (nSPS) is 10.8. The predicted molar refractivity (Wildman–Crippen MR) is 101 cm³/mol. The zero-order valence-corrected chi connectivity index (χ0v) is 15.2. The van der Waals surface area contributed by atoms with Gasteiger partial charge in [0.25, 0.3) is 11.5 Å². The number of carbonyl (C=O) groups is 1. The molecule has 0 saturated carbocycles. The quantitative estimate of drug-likeness (QED) is 0.535. The molecule has 0 aliphatic heterocycles. The minimum atomic E-state index is -0.0513.